The van der Waals surface area contributed by atoms with Crippen LogP contribution in [0.3, 0.4) is 0 Å². The first kappa shape index (κ1) is 22.2. The van der Waals surface area contributed by atoms with Gasteiger partial charge in [0.05, 0.1) is 26.9 Å². The van der Waals surface area contributed by atoms with Crippen molar-refractivity contribution >= 4 is 22.3 Å². The molecule has 14 heteroatoms. The Labute approximate surface area is 172 Å². The molecule has 1 aromatic rings. The van der Waals surface area contributed by atoms with Gasteiger partial charge in [-0.1, -0.05) is 6.07 Å². The Morgan fingerprint density at radius 2 is 2.03 bits per heavy atom. The average molecular weight is 447 g/mol. The molecule has 166 valence electrons. The summed E-state index contributed by atoms with van der Waals surface area (Å²) in [6.45, 7) is 0.586. The lowest BCUT2D eigenvalue weighted by atomic mass is 9.90. The summed E-state index contributed by atoms with van der Waals surface area (Å²) >= 11 is 0. The Morgan fingerprint density at radius 1 is 1.27 bits per heavy atom. The smallest absolute Gasteiger partial charge is 0.418 e. The van der Waals surface area contributed by atoms with Gasteiger partial charge in [-0.3, -0.25) is 14.2 Å². The number of rotatable bonds is 10. The zero-order valence-electron chi connectivity index (χ0n) is 16.1. The van der Waals surface area contributed by atoms with Gasteiger partial charge in [-0.25, -0.2) is 10.3 Å². The molecule has 0 saturated carbocycles. The van der Waals surface area contributed by atoms with E-state index in [2.05, 4.69) is 14.6 Å². The summed E-state index contributed by atoms with van der Waals surface area (Å²) in [5.74, 6) is -0.285. The molecule has 2 atom stereocenters. The summed E-state index contributed by atoms with van der Waals surface area (Å²) in [6, 6.07) is 1.78. The van der Waals surface area contributed by atoms with Gasteiger partial charge in [0, 0.05) is 7.11 Å². The van der Waals surface area contributed by atoms with Crippen LogP contribution < -0.4 is 10.2 Å². The molecule has 0 spiro atoms. The van der Waals surface area contributed by atoms with Gasteiger partial charge in [0.15, 0.2) is 6.79 Å². The van der Waals surface area contributed by atoms with Crippen molar-refractivity contribution in [3.63, 3.8) is 0 Å². The van der Waals surface area contributed by atoms with Crippen LogP contribution in [0.15, 0.2) is 18.2 Å². The number of hydrogen-bond donors (Lipinski definition) is 2. The molecule has 0 aromatic heterocycles. The number of amides is 3. The number of methoxy groups -OCH3 is 1. The molecule has 2 aliphatic rings. The van der Waals surface area contributed by atoms with Crippen molar-refractivity contribution in [1.82, 2.24) is 15.4 Å². The monoisotopic (exact) mass is 447 g/mol. The number of ether oxygens (including phenoxy) is 3. The van der Waals surface area contributed by atoms with Crippen LogP contribution in [0.25, 0.3) is 0 Å². The minimum Gasteiger partial charge on any atom is -0.468 e. The lowest BCUT2D eigenvalue weighted by molar-refractivity contribution is -0.136. The standard InChI is InChI=1S/C16H21N3O10S/c1-25-5-6-27-9-28-10-3-4-11-12(7-10)13-8-18(14(11)15(20)17-26-2)16(21)19(13)29-30(22,23)24/h3-4,7,13-14H,5-6,8-9H2,1-2H3,(H,17,20)(H,22,23,24)/t13-,14?/m1/s1. The van der Waals surface area contributed by atoms with Crippen LogP contribution in [-0.2, 0) is 33.8 Å². The largest absolute Gasteiger partial charge is 0.468 e. The van der Waals surface area contributed by atoms with Crippen LogP contribution in [0, 0.1) is 0 Å². The topological polar surface area (TPSA) is 153 Å². The van der Waals surface area contributed by atoms with Crippen molar-refractivity contribution in [2.45, 2.75) is 12.1 Å². The zero-order chi connectivity index (χ0) is 21.9. The minimum atomic E-state index is -4.97. The Balaban J connectivity index is 1.91. The van der Waals surface area contributed by atoms with E-state index < -0.39 is 34.4 Å². The Hall–Kier alpha value is -2.49. The Kier molecular flexibility index (Phi) is 6.74. The number of hydroxylamine groups is 3. The maximum atomic E-state index is 12.7. The van der Waals surface area contributed by atoms with Crippen molar-refractivity contribution in [3.8, 4) is 5.75 Å². The number of carbonyl (C=O) groups is 2. The highest BCUT2D eigenvalue weighted by Crippen LogP contribution is 2.45. The molecule has 3 amide bonds. The molecule has 30 heavy (non-hydrogen) atoms. The third kappa shape index (κ3) is 4.63. The van der Waals surface area contributed by atoms with Crippen LogP contribution in [0.5, 0.6) is 5.75 Å². The van der Waals surface area contributed by atoms with E-state index in [4.69, 9.17) is 18.8 Å². The predicted octanol–water partition coefficient (Wildman–Crippen LogP) is -0.0687. The average Bonchev–Trinajstić information content (AvgIpc) is 2.94. The van der Waals surface area contributed by atoms with E-state index in [1.54, 1.807) is 18.2 Å². The SMILES string of the molecule is COCCOCOc1ccc2c(c1)[C@H]1CN(C(=O)N1OS(=O)(=O)O)C2C(=O)NOC. The number of carbonyl (C=O) groups excluding carboxylic acids is 2. The second-order valence-corrected chi connectivity index (χ2v) is 7.31. The van der Waals surface area contributed by atoms with Crippen LogP contribution in [0.1, 0.15) is 23.2 Å². The fourth-order valence-corrected chi connectivity index (χ4v) is 3.69. The predicted molar refractivity (Wildman–Crippen MR) is 97.0 cm³/mol. The summed E-state index contributed by atoms with van der Waals surface area (Å²) in [6.07, 6.45) is 0. The molecule has 13 nitrogen and oxygen atoms in total. The molecule has 0 radical (unpaired) electrons. The first-order valence-corrected chi connectivity index (χ1v) is 10.1. The molecule has 1 unspecified atom stereocenters. The number of hydrogen-bond acceptors (Lipinski definition) is 9. The molecular formula is C16H21N3O10S. The van der Waals surface area contributed by atoms with Gasteiger partial charge < -0.3 is 19.1 Å². The highest BCUT2D eigenvalue weighted by Gasteiger charge is 2.52. The summed E-state index contributed by atoms with van der Waals surface area (Å²) in [4.78, 5) is 31.0. The number of fused-ring (bicyclic) bond motifs is 4. The van der Waals surface area contributed by atoms with Crippen LogP contribution in [-0.4, -0.2) is 75.6 Å². The van der Waals surface area contributed by atoms with Crippen molar-refractivity contribution < 1.29 is 45.9 Å². The van der Waals surface area contributed by atoms with Gasteiger partial charge in [0.2, 0.25) is 0 Å². The maximum Gasteiger partial charge on any atom is 0.418 e. The molecule has 0 aliphatic carbocycles. The first-order valence-electron chi connectivity index (χ1n) is 8.69. The van der Waals surface area contributed by atoms with Gasteiger partial charge in [0.25, 0.3) is 5.91 Å². The highest BCUT2D eigenvalue weighted by molar-refractivity contribution is 7.80. The molecule has 1 aromatic carbocycles. The summed E-state index contributed by atoms with van der Waals surface area (Å²) in [5.41, 5.74) is 3.00. The maximum absolute atomic E-state index is 12.7. The second-order valence-electron chi connectivity index (χ2n) is 6.31. The molecule has 1 fully saturated rings. The fraction of sp³-hybridized carbons (Fsp3) is 0.500. The van der Waals surface area contributed by atoms with Gasteiger partial charge in [-0.2, -0.15) is 13.5 Å². The number of nitrogens with zero attached hydrogens (tertiary/aromatic N) is 2. The third-order valence-electron chi connectivity index (χ3n) is 4.48. The van der Waals surface area contributed by atoms with Crippen molar-refractivity contribution in [2.75, 3.05) is 40.8 Å². The van der Waals surface area contributed by atoms with Crippen LogP contribution >= 0.6 is 0 Å². The fourth-order valence-electron chi connectivity index (χ4n) is 3.32. The van der Waals surface area contributed by atoms with E-state index in [0.29, 0.717) is 35.2 Å². The molecule has 2 heterocycles. The number of benzene rings is 1. The first-order chi connectivity index (χ1) is 14.3. The lowest BCUT2D eigenvalue weighted by Gasteiger charge is -2.31. The quantitative estimate of drug-likeness (QED) is 0.216. The number of urea groups is 1. The molecular weight excluding hydrogens is 426 g/mol. The summed E-state index contributed by atoms with van der Waals surface area (Å²) in [5, 5.41) is 0.507. The van der Waals surface area contributed by atoms with E-state index in [0.717, 1.165) is 4.90 Å². The van der Waals surface area contributed by atoms with E-state index in [9.17, 15) is 18.0 Å². The van der Waals surface area contributed by atoms with Crippen molar-refractivity contribution in [3.05, 3.63) is 29.3 Å². The van der Waals surface area contributed by atoms with Gasteiger partial charge in [-0.05, 0) is 23.3 Å². The molecule has 2 aliphatic heterocycles. The van der Waals surface area contributed by atoms with E-state index in [-0.39, 0.29) is 13.3 Å². The minimum absolute atomic E-state index is 0.0586. The van der Waals surface area contributed by atoms with Gasteiger partial charge >= 0.3 is 16.4 Å². The second kappa shape index (κ2) is 9.11. The molecule has 3 rings (SSSR count). The van der Waals surface area contributed by atoms with Crippen molar-refractivity contribution in [1.29, 1.82) is 0 Å². The summed E-state index contributed by atoms with van der Waals surface area (Å²) < 4.78 is 51.6. The Bertz CT molecular complexity index is 909. The zero-order valence-corrected chi connectivity index (χ0v) is 17.0. The third-order valence-corrected chi connectivity index (χ3v) is 4.83. The van der Waals surface area contributed by atoms with Gasteiger partial charge in [0.1, 0.15) is 17.8 Å². The normalized spacial score (nSPS) is 20.3. The van der Waals surface area contributed by atoms with E-state index in [1.165, 1.54) is 14.2 Å². The molecule has 2 N–H and O–H groups in total. The van der Waals surface area contributed by atoms with E-state index >= 15 is 0 Å². The summed E-state index contributed by atoms with van der Waals surface area (Å²) in [7, 11) is -2.19. The van der Waals surface area contributed by atoms with Gasteiger partial charge in [-0.15, -0.1) is 4.28 Å². The Morgan fingerprint density at radius 3 is 2.70 bits per heavy atom. The molecule has 2 bridgehead atoms. The van der Waals surface area contributed by atoms with Crippen LogP contribution in [0.2, 0.25) is 0 Å². The lowest BCUT2D eigenvalue weighted by Crippen LogP contribution is -2.43. The number of nitrogens with one attached hydrogen (secondary N) is 1. The van der Waals surface area contributed by atoms with Crippen LogP contribution in [0.4, 0.5) is 4.79 Å². The highest BCUT2D eigenvalue weighted by atomic mass is 32.3. The van der Waals surface area contributed by atoms with Crippen molar-refractivity contribution in [2.24, 2.45) is 0 Å². The van der Waals surface area contributed by atoms with E-state index in [1.807, 2.05) is 0 Å². The molecule has 1 saturated heterocycles.